The number of aryl methyl sites for hydroxylation is 2. The van der Waals surface area contributed by atoms with E-state index in [2.05, 4.69) is 15.5 Å². The van der Waals surface area contributed by atoms with Crippen LogP contribution in [0.15, 0.2) is 0 Å². The minimum absolute atomic E-state index is 0.0192. The van der Waals surface area contributed by atoms with E-state index in [1.807, 2.05) is 0 Å². The van der Waals surface area contributed by atoms with Gasteiger partial charge in [0.25, 0.3) is 5.91 Å². The summed E-state index contributed by atoms with van der Waals surface area (Å²) in [6, 6.07) is 0. The van der Waals surface area contributed by atoms with Crippen molar-refractivity contribution in [2.75, 3.05) is 0 Å². The van der Waals surface area contributed by atoms with Crippen molar-refractivity contribution >= 4 is 11.9 Å². The van der Waals surface area contributed by atoms with Gasteiger partial charge in [-0.2, -0.15) is 5.10 Å². The summed E-state index contributed by atoms with van der Waals surface area (Å²) in [5, 5.41) is 18.5. The molecule has 1 aromatic rings. The highest BCUT2D eigenvalue weighted by Crippen LogP contribution is 2.35. The molecule has 3 N–H and O–H groups in total. The fourth-order valence-electron chi connectivity index (χ4n) is 2.43. The van der Waals surface area contributed by atoms with Gasteiger partial charge in [0.1, 0.15) is 0 Å². The third-order valence-electron chi connectivity index (χ3n) is 3.53. The molecule has 0 atom stereocenters. The number of aliphatic carboxylic acids is 1. The topological polar surface area (TPSA) is 95.1 Å². The van der Waals surface area contributed by atoms with Crippen LogP contribution in [0, 0.1) is 13.8 Å². The molecule has 1 saturated carbocycles. The maximum Gasteiger partial charge on any atom is 0.305 e. The number of nitrogens with one attached hydrogen (secondary N) is 2. The highest BCUT2D eigenvalue weighted by Gasteiger charge is 2.41. The van der Waals surface area contributed by atoms with Crippen molar-refractivity contribution in [3.05, 3.63) is 17.0 Å². The maximum atomic E-state index is 12.2. The molecule has 18 heavy (non-hydrogen) atoms. The Morgan fingerprint density at radius 1 is 1.44 bits per heavy atom. The van der Waals surface area contributed by atoms with Gasteiger partial charge in [0, 0.05) is 5.69 Å². The van der Waals surface area contributed by atoms with Crippen LogP contribution in [0.5, 0.6) is 0 Å². The molecule has 0 bridgehead atoms. The number of hydrogen-bond donors (Lipinski definition) is 3. The monoisotopic (exact) mass is 251 g/mol. The van der Waals surface area contributed by atoms with E-state index in [-0.39, 0.29) is 12.3 Å². The van der Waals surface area contributed by atoms with E-state index in [1.54, 1.807) is 13.8 Å². The van der Waals surface area contributed by atoms with Crippen LogP contribution < -0.4 is 5.32 Å². The molecule has 6 heteroatoms. The average Bonchev–Trinajstić information content (AvgIpc) is 2.54. The molecule has 0 aliphatic heterocycles. The smallest absolute Gasteiger partial charge is 0.305 e. The third kappa shape index (κ3) is 2.23. The number of rotatable bonds is 4. The first-order valence-electron chi connectivity index (χ1n) is 5.99. The van der Waals surface area contributed by atoms with Crippen LogP contribution in [0.25, 0.3) is 0 Å². The van der Waals surface area contributed by atoms with Crippen molar-refractivity contribution in [2.24, 2.45) is 0 Å². The highest BCUT2D eigenvalue weighted by molar-refractivity contribution is 5.97. The van der Waals surface area contributed by atoms with Crippen molar-refractivity contribution in [3.8, 4) is 0 Å². The average molecular weight is 251 g/mol. The number of hydrogen-bond acceptors (Lipinski definition) is 3. The summed E-state index contributed by atoms with van der Waals surface area (Å²) in [5.74, 6) is -1.12. The number of nitrogens with zero attached hydrogens (tertiary/aromatic N) is 1. The van der Waals surface area contributed by atoms with Crippen LogP contribution in [0.1, 0.15) is 47.4 Å². The van der Waals surface area contributed by atoms with Crippen molar-refractivity contribution < 1.29 is 14.7 Å². The Balaban J connectivity index is 2.13. The van der Waals surface area contributed by atoms with Gasteiger partial charge in [0.15, 0.2) is 0 Å². The van der Waals surface area contributed by atoms with Crippen LogP contribution >= 0.6 is 0 Å². The van der Waals surface area contributed by atoms with Gasteiger partial charge in [-0.25, -0.2) is 0 Å². The summed E-state index contributed by atoms with van der Waals surface area (Å²) < 4.78 is 0. The van der Waals surface area contributed by atoms with E-state index < -0.39 is 11.5 Å². The van der Waals surface area contributed by atoms with E-state index in [0.717, 1.165) is 19.3 Å². The Hall–Kier alpha value is -1.85. The van der Waals surface area contributed by atoms with Crippen LogP contribution in [0.2, 0.25) is 0 Å². The van der Waals surface area contributed by atoms with Crippen LogP contribution in [-0.4, -0.2) is 32.7 Å². The SMILES string of the molecule is Cc1n[nH]c(C)c1C(=O)NC1(CC(=O)O)CCC1. The molecule has 1 heterocycles. The van der Waals surface area contributed by atoms with Crippen molar-refractivity contribution in [1.82, 2.24) is 15.5 Å². The molecule has 0 saturated heterocycles. The lowest BCUT2D eigenvalue weighted by atomic mass is 9.74. The summed E-state index contributed by atoms with van der Waals surface area (Å²) in [6.07, 6.45) is 2.38. The second-order valence-electron chi connectivity index (χ2n) is 4.97. The molecule has 1 aliphatic rings. The van der Waals surface area contributed by atoms with E-state index >= 15 is 0 Å². The third-order valence-corrected chi connectivity index (χ3v) is 3.53. The van der Waals surface area contributed by atoms with Gasteiger partial charge >= 0.3 is 5.97 Å². The fourth-order valence-corrected chi connectivity index (χ4v) is 2.43. The zero-order valence-corrected chi connectivity index (χ0v) is 10.5. The summed E-state index contributed by atoms with van der Waals surface area (Å²) >= 11 is 0. The Morgan fingerprint density at radius 3 is 2.50 bits per heavy atom. The summed E-state index contributed by atoms with van der Waals surface area (Å²) in [7, 11) is 0. The van der Waals surface area contributed by atoms with Crippen LogP contribution in [0.4, 0.5) is 0 Å². The summed E-state index contributed by atoms with van der Waals surface area (Å²) in [6.45, 7) is 3.53. The molecule has 2 rings (SSSR count). The normalized spacial score (nSPS) is 17.0. The summed E-state index contributed by atoms with van der Waals surface area (Å²) in [4.78, 5) is 23.0. The number of carboxylic acid groups (broad SMARTS) is 1. The predicted molar refractivity (Wildman–Crippen MR) is 64.4 cm³/mol. The lowest BCUT2D eigenvalue weighted by Gasteiger charge is -2.41. The molecule has 6 nitrogen and oxygen atoms in total. The number of carbonyl (C=O) groups excluding carboxylic acids is 1. The minimum atomic E-state index is -0.879. The van der Waals surface area contributed by atoms with Gasteiger partial charge in [-0.05, 0) is 33.1 Å². The van der Waals surface area contributed by atoms with Gasteiger partial charge in [-0.1, -0.05) is 0 Å². The largest absolute Gasteiger partial charge is 0.481 e. The van der Waals surface area contributed by atoms with Gasteiger partial charge < -0.3 is 10.4 Å². The van der Waals surface area contributed by atoms with E-state index in [9.17, 15) is 9.59 Å². The molecule has 0 unspecified atom stereocenters. The second-order valence-corrected chi connectivity index (χ2v) is 4.97. The van der Waals surface area contributed by atoms with Crippen molar-refractivity contribution in [2.45, 2.75) is 45.1 Å². The van der Waals surface area contributed by atoms with E-state index in [0.29, 0.717) is 17.0 Å². The first-order chi connectivity index (χ1) is 8.43. The van der Waals surface area contributed by atoms with E-state index in [1.165, 1.54) is 0 Å². The van der Waals surface area contributed by atoms with Gasteiger partial charge in [-0.15, -0.1) is 0 Å². The number of aromatic nitrogens is 2. The Bertz CT molecular complexity index is 469. The zero-order chi connectivity index (χ0) is 13.3. The van der Waals surface area contributed by atoms with Crippen molar-refractivity contribution in [1.29, 1.82) is 0 Å². The minimum Gasteiger partial charge on any atom is -0.481 e. The first-order valence-corrected chi connectivity index (χ1v) is 5.99. The van der Waals surface area contributed by atoms with Gasteiger partial charge in [0.2, 0.25) is 0 Å². The van der Waals surface area contributed by atoms with Gasteiger partial charge in [-0.3, -0.25) is 14.7 Å². The fraction of sp³-hybridized carbons (Fsp3) is 0.583. The molecule has 98 valence electrons. The summed E-state index contributed by atoms with van der Waals surface area (Å²) in [5.41, 5.74) is 1.29. The zero-order valence-electron chi connectivity index (χ0n) is 10.5. The molecule has 1 aromatic heterocycles. The quantitative estimate of drug-likeness (QED) is 0.748. The molecule has 0 radical (unpaired) electrons. The first kappa shape index (κ1) is 12.6. The molecular formula is C12H17N3O3. The maximum absolute atomic E-state index is 12.2. The predicted octanol–water partition coefficient (Wildman–Crippen LogP) is 1.15. The van der Waals surface area contributed by atoms with Crippen LogP contribution in [-0.2, 0) is 4.79 Å². The molecule has 0 aromatic carbocycles. The number of aromatic amines is 1. The number of amides is 1. The van der Waals surface area contributed by atoms with Crippen LogP contribution in [0.3, 0.4) is 0 Å². The number of H-pyrrole nitrogens is 1. The number of carbonyl (C=O) groups is 2. The lowest BCUT2D eigenvalue weighted by molar-refractivity contribution is -0.139. The number of carboxylic acids is 1. The lowest BCUT2D eigenvalue weighted by Crippen LogP contribution is -2.54. The molecule has 1 aliphatic carbocycles. The standard InChI is InChI=1S/C12H17N3O3/c1-7-10(8(2)15-14-7)11(18)13-12(4-3-5-12)6-9(16)17/h3-6H2,1-2H3,(H,13,18)(H,14,15)(H,16,17). The Morgan fingerprint density at radius 2 is 2.11 bits per heavy atom. The van der Waals surface area contributed by atoms with E-state index in [4.69, 9.17) is 5.11 Å². The molecule has 1 amide bonds. The molecule has 1 fully saturated rings. The molecule has 0 spiro atoms. The van der Waals surface area contributed by atoms with Gasteiger partial charge in [0.05, 0.1) is 23.2 Å². The van der Waals surface area contributed by atoms with Crippen molar-refractivity contribution in [3.63, 3.8) is 0 Å². The highest BCUT2D eigenvalue weighted by atomic mass is 16.4. The Labute approximate surface area is 105 Å². The molecular weight excluding hydrogens is 234 g/mol. The second kappa shape index (κ2) is 4.44. The Kier molecular flexibility index (Phi) is 3.11.